The summed E-state index contributed by atoms with van der Waals surface area (Å²) in [6.07, 6.45) is 10.5. The summed E-state index contributed by atoms with van der Waals surface area (Å²) in [5, 5.41) is 0. The summed E-state index contributed by atoms with van der Waals surface area (Å²) in [6, 6.07) is 8.08. The van der Waals surface area contributed by atoms with Gasteiger partial charge in [0.05, 0.1) is 5.57 Å². The number of carbonyl (C=O) groups is 2. The van der Waals surface area contributed by atoms with E-state index in [1.54, 1.807) is 18.5 Å². The Morgan fingerprint density at radius 2 is 1.92 bits per heavy atom. The molecule has 0 bridgehead atoms. The van der Waals surface area contributed by atoms with Crippen molar-refractivity contribution in [2.24, 2.45) is 0 Å². The number of thiophene rings is 1. The number of hydrogen-bond acceptors (Lipinski definition) is 4. The maximum absolute atomic E-state index is 12.5. The minimum absolute atomic E-state index is 0.0445. The summed E-state index contributed by atoms with van der Waals surface area (Å²) >= 11 is 1.81. The molecule has 1 aliphatic rings. The zero-order chi connectivity index (χ0) is 17.6. The van der Waals surface area contributed by atoms with Gasteiger partial charge in [0.25, 0.3) is 0 Å². The Balaban J connectivity index is 1.63. The first-order valence-electron chi connectivity index (χ1n) is 8.63. The summed E-state index contributed by atoms with van der Waals surface area (Å²) in [5.41, 5.74) is 2.25. The lowest BCUT2D eigenvalue weighted by atomic mass is 9.90. The van der Waals surface area contributed by atoms with E-state index in [-0.39, 0.29) is 11.6 Å². The molecule has 0 fully saturated rings. The fraction of sp³-hybridized carbons (Fsp3) is 0.286. The second-order valence-corrected chi connectivity index (χ2v) is 7.33. The van der Waals surface area contributed by atoms with Crippen LogP contribution in [0.25, 0.3) is 5.57 Å². The van der Waals surface area contributed by atoms with Gasteiger partial charge in [-0.1, -0.05) is 13.0 Å². The number of nitrogens with zero attached hydrogens (tertiary/aromatic N) is 1. The lowest BCUT2D eigenvalue weighted by Crippen LogP contribution is -2.15. The SMILES string of the molecule is CCc1ccc(CCCC(=O)C2=CC(c3ccncc3)=CCC2=O)s1. The fourth-order valence-corrected chi connectivity index (χ4v) is 3.89. The van der Waals surface area contributed by atoms with Crippen molar-refractivity contribution in [2.75, 3.05) is 0 Å². The number of pyridine rings is 1. The van der Waals surface area contributed by atoms with Gasteiger partial charge in [0, 0.05) is 35.0 Å². The zero-order valence-corrected chi connectivity index (χ0v) is 15.1. The van der Waals surface area contributed by atoms with Crippen LogP contribution in [0.1, 0.15) is 41.5 Å². The number of aromatic nitrogens is 1. The lowest BCUT2D eigenvalue weighted by Gasteiger charge is -2.12. The van der Waals surface area contributed by atoms with Crippen LogP contribution in [0.15, 0.2) is 54.4 Å². The van der Waals surface area contributed by atoms with Gasteiger partial charge in [-0.15, -0.1) is 11.3 Å². The van der Waals surface area contributed by atoms with E-state index >= 15 is 0 Å². The summed E-state index contributed by atoms with van der Waals surface area (Å²) in [4.78, 5) is 31.3. The normalized spacial score (nSPS) is 14.2. The molecule has 1 aliphatic carbocycles. The van der Waals surface area contributed by atoms with E-state index in [2.05, 4.69) is 24.0 Å². The second-order valence-electron chi connectivity index (χ2n) is 6.08. The predicted octanol–water partition coefficient (Wildman–Crippen LogP) is 4.58. The van der Waals surface area contributed by atoms with Gasteiger partial charge in [-0.25, -0.2) is 0 Å². The van der Waals surface area contributed by atoms with Gasteiger partial charge in [0.1, 0.15) is 0 Å². The zero-order valence-electron chi connectivity index (χ0n) is 14.3. The van der Waals surface area contributed by atoms with Crippen molar-refractivity contribution in [2.45, 2.75) is 39.0 Å². The summed E-state index contributed by atoms with van der Waals surface area (Å²) in [5.74, 6) is -0.121. The van der Waals surface area contributed by atoms with Crippen molar-refractivity contribution in [3.05, 3.63) is 69.7 Å². The minimum atomic E-state index is -0.0767. The van der Waals surface area contributed by atoms with Crippen LogP contribution in [-0.4, -0.2) is 16.6 Å². The molecule has 25 heavy (non-hydrogen) atoms. The molecule has 0 spiro atoms. The Morgan fingerprint density at radius 3 is 2.64 bits per heavy atom. The highest BCUT2D eigenvalue weighted by atomic mass is 32.1. The van der Waals surface area contributed by atoms with Crippen LogP contribution in [0, 0.1) is 0 Å². The highest BCUT2D eigenvalue weighted by molar-refractivity contribution is 7.11. The molecule has 2 heterocycles. The number of ketones is 2. The van der Waals surface area contributed by atoms with E-state index in [1.165, 1.54) is 9.75 Å². The third kappa shape index (κ3) is 4.40. The minimum Gasteiger partial charge on any atom is -0.294 e. The van der Waals surface area contributed by atoms with Gasteiger partial charge in [0.15, 0.2) is 11.6 Å². The van der Waals surface area contributed by atoms with Crippen LogP contribution in [0.4, 0.5) is 0 Å². The highest BCUT2D eigenvalue weighted by Gasteiger charge is 2.21. The molecule has 3 nitrogen and oxygen atoms in total. The standard InChI is InChI=1S/C21H21NO2S/c1-2-17-7-8-18(25-17)4-3-5-20(23)19-14-16(6-9-21(19)24)15-10-12-22-13-11-15/h6-8,10-14H,2-5,9H2,1H3. The number of Topliss-reactive ketones (excluding diaryl/α,β-unsaturated/α-hetero) is 2. The molecule has 0 amide bonds. The van der Waals surface area contributed by atoms with Gasteiger partial charge in [-0.2, -0.15) is 0 Å². The summed E-state index contributed by atoms with van der Waals surface area (Å²) < 4.78 is 0. The highest BCUT2D eigenvalue weighted by Crippen LogP contribution is 2.25. The maximum Gasteiger partial charge on any atom is 0.170 e. The fourth-order valence-electron chi connectivity index (χ4n) is 2.89. The molecule has 0 N–H and O–H groups in total. The van der Waals surface area contributed by atoms with Crippen molar-refractivity contribution in [1.82, 2.24) is 4.98 Å². The van der Waals surface area contributed by atoms with Gasteiger partial charge >= 0.3 is 0 Å². The quantitative estimate of drug-likeness (QED) is 0.686. The summed E-state index contributed by atoms with van der Waals surface area (Å²) in [6.45, 7) is 2.15. The van der Waals surface area contributed by atoms with Crippen LogP contribution in [0.5, 0.6) is 0 Å². The molecule has 128 valence electrons. The Morgan fingerprint density at radius 1 is 1.16 bits per heavy atom. The molecule has 0 saturated heterocycles. The van der Waals surface area contributed by atoms with Crippen LogP contribution >= 0.6 is 11.3 Å². The molecule has 3 rings (SSSR count). The number of rotatable bonds is 7. The Bertz CT molecular complexity index is 831. The van der Waals surface area contributed by atoms with Gasteiger partial charge in [0.2, 0.25) is 0 Å². The first-order chi connectivity index (χ1) is 12.2. The molecule has 2 aromatic heterocycles. The molecule has 2 aromatic rings. The number of allylic oxidation sites excluding steroid dienone is 4. The van der Waals surface area contributed by atoms with E-state index in [0.29, 0.717) is 18.4 Å². The third-order valence-corrected chi connectivity index (χ3v) is 5.60. The monoisotopic (exact) mass is 351 g/mol. The molecule has 0 unspecified atom stereocenters. The van der Waals surface area contributed by atoms with E-state index < -0.39 is 0 Å². The topological polar surface area (TPSA) is 47.0 Å². The Hall–Kier alpha value is -2.33. The second kappa shape index (κ2) is 8.17. The third-order valence-electron chi connectivity index (χ3n) is 4.31. The maximum atomic E-state index is 12.5. The predicted molar refractivity (Wildman–Crippen MR) is 102 cm³/mol. The average molecular weight is 351 g/mol. The van der Waals surface area contributed by atoms with E-state index in [1.807, 2.05) is 29.5 Å². The molecule has 0 saturated carbocycles. The molecule has 0 aliphatic heterocycles. The number of aryl methyl sites for hydroxylation is 2. The molecular weight excluding hydrogens is 330 g/mol. The molecule has 4 heteroatoms. The van der Waals surface area contributed by atoms with Crippen LogP contribution in [0.2, 0.25) is 0 Å². The van der Waals surface area contributed by atoms with E-state index in [4.69, 9.17) is 0 Å². The first kappa shape index (κ1) is 17.5. The van der Waals surface area contributed by atoms with Gasteiger partial charge in [-0.05, 0) is 60.7 Å². The molecule has 0 atom stereocenters. The van der Waals surface area contributed by atoms with Gasteiger partial charge in [-0.3, -0.25) is 14.6 Å². The average Bonchev–Trinajstić information content (AvgIpc) is 3.11. The van der Waals surface area contributed by atoms with E-state index in [9.17, 15) is 9.59 Å². The molecular formula is C21H21NO2S. The van der Waals surface area contributed by atoms with Crippen molar-refractivity contribution < 1.29 is 9.59 Å². The van der Waals surface area contributed by atoms with Crippen molar-refractivity contribution in [3.8, 4) is 0 Å². The van der Waals surface area contributed by atoms with Crippen LogP contribution in [0.3, 0.4) is 0 Å². The van der Waals surface area contributed by atoms with Gasteiger partial charge < -0.3 is 0 Å². The van der Waals surface area contributed by atoms with E-state index in [0.717, 1.165) is 30.4 Å². The Labute approximate surface area is 152 Å². The number of carbonyl (C=O) groups excluding carboxylic acids is 2. The first-order valence-corrected chi connectivity index (χ1v) is 9.45. The van der Waals surface area contributed by atoms with Crippen molar-refractivity contribution in [1.29, 1.82) is 0 Å². The largest absolute Gasteiger partial charge is 0.294 e. The summed E-state index contributed by atoms with van der Waals surface area (Å²) in [7, 11) is 0. The molecule has 0 radical (unpaired) electrons. The lowest BCUT2D eigenvalue weighted by molar-refractivity contribution is -0.121. The van der Waals surface area contributed by atoms with Crippen molar-refractivity contribution in [3.63, 3.8) is 0 Å². The smallest absolute Gasteiger partial charge is 0.170 e. The van der Waals surface area contributed by atoms with Crippen LogP contribution < -0.4 is 0 Å². The molecule has 0 aromatic carbocycles. The Kier molecular flexibility index (Phi) is 5.71. The van der Waals surface area contributed by atoms with Crippen LogP contribution in [-0.2, 0) is 22.4 Å². The van der Waals surface area contributed by atoms with Crippen molar-refractivity contribution >= 4 is 28.5 Å². The number of hydrogen-bond donors (Lipinski definition) is 0.